The third-order valence-corrected chi connectivity index (χ3v) is 2.65. The Balaban J connectivity index is 2.47. The predicted molar refractivity (Wildman–Crippen MR) is 56.4 cm³/mol. The van der Waals surface area contributed by atoms with E-state index in [1.165, 1.54) is 0 Å². The molecular formula is C8H8BrNO3P+. The zero-order chi connectivity index (χ0) is 10.4. The van der Waals surface area contributed by atoms with Crippen molar-refractivity contribution < 1.29 is 13.9 Å². The Bertz CT molecular complexity index is 328. The van der Waals surface area contributed by atoms with Gasteiger partial charge in [-0.25, -0.2) is 4.52 Å². The smallest absolute Gasteiger partial charge is 0.302 e. The third kappa shape index (κ3) is 3.96. The van der Waals surface area contributed by atoms with Crippen LogP contribution in [-0.4, -0.2) is 12.8 Å². The van der Waals surface area contributed by atoms with Gasteiger partial charge in [-0.1, -0.05) is 21.0 Å². The van der Waals surface area contributed by atoms with Crippen LogP contribution in [0.25, 0.3) is 0 Å². The molecule has 14 heavy (non-hydrogen) atoms. The van der Waals surface area contributed by atoms with E-state index in [1.807, 2.05) is 0 Å². The van der Waals surface area contributed by atoms with Gasteiger partial charge in [-0.3, -0.25) is 0 Å². The highest BCUT2D eigenvalue weighted by Gasteiger charge is 2.17. The molecule has 6 heteroatoms. The summed E-state index contributed by atoms with van der Waals surface area (Å²) in [5.41, 5.74) is 0. The van der Waals surface area contributed by atoms with Crippen molar-refractivity contribution >= 4 is 30.4 Å². The van der Waals surface area contributed by atoms with Gasteiger partial charge in [-0.2, -0.15) is 0 Å². The summed E-state index contributed by atoms with van der Waals surface area (Å²) in [7, 11) is -2.02. The molecule has 1 N–H and O–H groups in total. The van der Waals surface area contributed by atoms with Crippen molar-refractivity contribution in [3.8, 4) is 5.75 Å². The molecule has 74 valence electrons. The maximum atomic E-state index is 11.1. The molecule has 0 aliphatic rings. The summed E-state index contributed by atoms with van der Waals surface area (Å²) in [4.78, 5) is 9.95. The van der Waals surface area contributed by atoms with Gasteiger partial charge in [0.1, 0.15) is 6.29 Å². The van der Waals surface area contributed by atoms with E-state index < -0.39 is 8.18 Å². The Morgan fingerprint density at radius 3 is 2.64 bits per heavy atom. The molecule has 0 spiro atoms. The Labute approximate surface area is 90.7 Å². The van der Waals surface area contributed by atoms with E-state index in [0.29, 0.717) is 12.0 Å². The first kappa shape index (κ1) is 11.3. The van der Waals surface area contributed by atoms with Gasteiger partial charge in [0.05, 0.1) is 6.54 Å². The van der Waals surface area contributed by atoms with Gasteiger partial charge >= 0.3 is 8.18 Å². The second-order valence-electron chi connectivity index (χ2n) is 2.33. The summed E-state index contributed by atoms with van der Waals surface area (Å²) in [6.45, 7) is 0.0196. The minimum absolute atomic E-state index is 0.0196. The number of benzene rings is 1. The molecule has 0 saturated heterocycles. The predicted octanol–water partition coefficient (Wildman–Crippen LogP) is 2.27. The van der Waals surface area contributed by atoms with E-state index in [1.54, 1.807) is 24.3 Å². The summed E-state index contributed by atoms with van der Waals surface area (Å²) in [6, 6.07) is 6.91. The van der Waals surface area contributed by atoms with Gasteiger partial charge in [0.15, 0.2) is 5.75 Å². The van der Waals surface area contributed by atoms with Gasteiger partial charge in [0.25, 0.3) is 0 Å². The Morgan fingerprint density at radius 2 is 2.07 bits per heavy atom. The first-order valence-corrected chi connectivity index (χ1v) is 5.77. The van der Waals surface area contributed by atoms with Crippen LogP contribution in [0.5, 0.6) is 5.75 Å². The van der Waals surface area contributed by atoms with E-state index in [0.717, 1.165) is 4.47 Å². The highest BCUT2D eigenvalue weighted by atomic mass is 79.9. The number of halogens is 1. The van der Waals surface area contributed by atoms with Crippen LogP contribution in [0.3, 0.4) is 0 Å². The van der Waals surface area contributed by atoms with Crippen molar-refractivity contribution in [2.24, 2.45) is 0 Å². The van der Waals surface area contributed by atoms with Crippen molar-refractivity contribution in [2.45, 2.75) is 0 Å². The third-order valence-electron chi connectivity index (χ3n) is 1.31. The Morgan fingerprint density at radius 1 is 1.43 bits per heavy atom. The van der Waals surface area contributed by atoms with Gasteiger partial charge in [0, 0.05) is 9.04 Å². The standard InChI is InChI=1S/C8H8BrNO3P/c9-7-1-3-8(4-2-7)13-14(12)10-5-6-11/h1-4,6H,5H2,(H,10,12)/q+1. The lowest BCUT2D eigenvalue weighted by Crippen LogP contribution is -2.08. The maximum absolute atomic E-state index is 11.1. The van der Waals surface area contributed by atoms with Crippen LogP contribution in [0.2, 0.25) is 0 Å². The number of nitrogens with one attached hydrogen (secondary N) is 1. The summed E-state index contributed by atoms with van der Waals surface area (Å²) in [5.74, 6) is 0.493. The van der Waals surface area contributed by atoms with E-state index in [4.69, 9.17) is 4.52 Å². The molecule has 1 aromatic carbocycles. The highest BCUT2D eigenvalue weighted by Crippen LogP contribution is 2.24. The molecule has 4 nitrogen and oxygen atoms in total. The molecule has 1 rings (SSSR count). The molecule has 0 fully saturated rings. The first-order chi connectivity index (χ1) is 6.72. The van der Waals surface area contributed by atoms with Crippen LogP contribution in [0.15, 0.2) is 28.7 Å². The monoisotopic (exact) mass is 276 g/mol. The molecule has 0 aliphatic carbocycles. The van der Waals surface area contributed by atoms with E-state index in [-0.39, 0.29) is 6.54 Å². The van der Waals surface area contributed by atoms with Crippen molar-refractivity contribution in [1.29, 1.82) is 0 Å². The summed E-state index contributed by atoms with van der Waals surface area (Å²) < 4.78 is 17.0. The number of rotatable bonds is 5. The normalized spacial score (nSPS) is 10.8. The molecule has 0 aromatic heterocycles. The fourth-order valence-electron chi connectivity index (χ4n) is 0.735. The quantitative estimate of drug-likeness (QED) is 0.662. The zero-order valence-electron chi connectivity index (χ0n) is 7.14. The van der Waals surface area contributed by atoms with Gasteiger partial charge in [0.2, 0.25) is 0 Å². The van der Waals surface area contributed by atoms with Gasteiger partial charge in [-0.05, 0) is 24.3 Å². The highest BCUT2D eigenvalue weighted by molar-refractivity contribution is 9.10. The lowest BCUT2D eigenvalue weighted by atomic mass is 10.3. The van der Waals surface area contributed by atoms with Crippen molar-refractivity contribution in [3.05, 3.63) is 28.7 Å². The number of hydrogen-bond acceptors (Lipinski definition) is 3. The second kappa shape index (κ2) is 5.86. The van der Waals surface area contributed by atoms with Crippen LogP contribution < -0.4 is 9.61 Å². The molecule has 0 saturated carbocycles. The van der Waals surface area contributed by atoms with Crippen molar-refractivity contribution in [2.75, 3.05) is 6.54 Å². The van der Waals surface area contributed by atoms with Gasteiger partial charge < -0.3 is 4.79 Å². The van der Waals surface area contributed by atoms with Crippen molar-refractivity contribution in [1.82, 2.24) is 5.09 Å². The lowest BCUT2D eigenvalue weighted by molar-refractivity contribution is -0.106. The molecule has 0 aliphatic heterocycles. The second-order valence-corrected chi connectivity index (χ2v) is 4.26. The Kier molecular flexibility index (Phi) is 4.73. The summed E-state index contributed by atoms with van der Waals surface area (Å²) >= 11 is 3.26. The number of hydrogen-bond donors (Lipinski definition) is 1. The maximum Gasteiger partial charge on any atom is 0.664 e. The molecule has 0 bridgehead atoms. The molecule has 1 unspecified atom stereocenters. The van der Waals surface area contributed by atoms with E-state index in [2.05, 4.69) is 21.0 Å². The number of carbonyl (C=O) groups excluding carboxylic acids is 1. The zero-order valence-corrected chi connectivity index (χ0v) is 9.62. The molecular weight excluding hydrogens is 269 g/mol. The Hall–Kier alpha value is -0.770. The fourth-order valence-corrected chi connectivity index (χ4v) is 1.60. The lowest BCUT2D eigenvalue weighted by Gasteiger charge is -1.92. The fraction of sp³-hybridized carbons (Fsp3) is 0.125. The number of carbonyl (C=O) groups is 1. The van der Waals surface area contributed by atoms with Gasteiger partial charge in [-0.15, -0.1) is 0 Å². The van der Waals surface area contributed by atoms with E-state index in [9.17, 15) is 9.36 Å². The van der Waals surface area contributed by atoms with E-state index >= 15 is 0 Å². The molecule has 0 radical (unpaired) electrons. The average molecular weight is 277 g/mol. The topological polar surface area (TPSA) is 55.4 Å². The first-order valence-electron chi connectivity index (χ1n) is 3.80. The molecule has 1 aromatic rings. The van der Waals surface area contributed by atoms with Crippen LogP contribution in [0, 0.1) is 0 Å². The minimum Gasteiger partial charge on any atom is -0.302 e. The van der Waals surface area contributed by atoms with Crippen LogP contribution in [0.1, 0.15) is 0 Å². The molecule has 1 atom stereocenters. The average Bonchev–Trinajstić information content (AvgIpc) is 2.18. The molecule has 0 heterocycles. The van der Waals surface area contributed by atoms with Crippen LogP contribution in [0.4, 0.5) is 0 Å². The minimum atomic E-state index is -2.02. The molecule has 0 amide bonds. The van der Waals surface area contributed by atoms with Crippen LogP contribution >= 0.6 is 24.1 Å². The summed E-state index contributed by atoms with van der Waals surface area (Å²) in [6.07, 6.45) is 0.623. The van der Waals surface area contributed by atoms with Crippen molar-refractivity contribution in [3.63, 3.8) is 0 Å². The largest absolute Gasteiger partial charge is 0.664 e. The number of aldehydes is 1. The van der Waals surface area contributed by atoms with Crippen LogP contribution in [-0.2, 0) is 9.36 Å². The SMILES string of the molecule is O=CCN[P+](=O)Oc1ccc(Br)cc1. The summed E-state index contributed by atoms with van der Waals surface area (Å²) in [5, 5.41) is 2.40.